The van der Waals surface area contributed by atoms with Crippen LogP contribution in [0.4, 0.5) is 0 Å². The Morgan fingerprint density at radius 1 is 1.16 bits per heavy atom. The molecular weight excluding hydrogens is 297 g/mol. The van der Waals surface area contributed by atoms with Crippen molar-refractivity contribution in [3.8, 4) is 0 Å². The van der Waals surface area contributed by atoms with Gasteiger partial charge in [-0.2, -0.15) is 0 Å². The molecule has 1 heterocycles. The molecule has 4 heteroatoms. The van der Waals surface area contributed by atoms with E-state index in [1.165, 1.54) is 9.75 Å². The van der Waals surface area contributed by atoms with Gasteiger partial charge in [0, 0.05) is 22.2 Å². The maximum atomic E-state index is 6.30. The monoisotopic (exact) mass is 313 g/mol. The first kappa shape index (κ1) is 14.9. The highest BCUT2D eigenvalue weighted by molar-refractivity contribution is 7.11. The van der Waals surface area contributed by atoms with E-state index < -0.39 is 0 Å². The zero-order valence-corrected chi connectivity index (χ0v) is 13.4. The van der Waals surface area contributed by atoms with Crippen molar-refractivity contribution in [2.24, 2.45) is 0 Å². The summed E-state index contributed by atoms with van der Waals surface area (Å²) in [6.45, 7) is 2.18. The maximum absolute atomic E-state index is 6.30. The van der Waals surface area contributed by atoms with Crippen LogP contribution in [0.1, 0.15) is 28.3 Å². The number of hydrogen-bond acceptors (Lipinski definition) is 2. The van der Waals surface area contributed by atoms with Gasteiger partial charge in [0.25, 0.3) is 0 Å². The minimum absolute atomic E-state index is 0.189. The van der Waals surface area contributed by atoms with Crippen LogP contribution in [0.5, 0.6) is 0 Å². The molecule has 1 atom stereocenters. The van der Waals surface area contributed by atoms with Crippen molar-refractivity contribution < 1.29 is 0 Å². The fraction of sp³-hybridized carbons (Fsp3) is 0.333. The molecule has 0 saturated heterocycles. The van der Waals surface area contributed by atoms with Crippen LogP contribution < -0.4 is 5.32 Å². The molecule has 102 valence electrons. The topological polar surface area (TPSA) is 12.0 Å². The second-order valence-electron chi connectivity index (χ2n) is 4.41. The smallest absolute Gasteiger partial charge is 0.0640 e. The van der Waals surface area contributed by atoms with Gasteiger partial charge < -0.3 is 5.32 Å². The Labute approximate surface area is 128 Å². The number of aryl methyl sites for hydroxylation is 1. The van der Waals surface area contributed by atoms with E-state index in [2.05, 4.69) is 24.4 Å². The van der Waals surface area contributed by atoms with E-state index in [0.29, 0.717) is 10.0 Å². The van der Waals surface area contributed by atoms with E-state index in [1.54, 1.807) is 0 Å². The van der Waals surface area contributed by atoms with E-state index in [-0.39, 0.29) is 6.04 Å². The largest absolute Gasteiger partial charge is 0.313 e. The Hall–Kier alpha value is -0.540. The molecule has 0 saturated carbocycles. The molecule has 1 nitrogen and oxygen atoms in total. The predicted molar refractivity (Wildman–Crippen MR) is 85.7 cm³/mol. The molecule has 1 aromatic carbocycles. The molecule has 0 amide bonds. The number of hydrogen-bond donors (Lipinski definition) is 1. The first-order chi connectivity index (χ1) is 9.15. The van der Waals surface area contributed by atoms with Gasteiger partial charge in [0.2, 0.25) is 0 Å². The van der Waals surface area contributed by atoms with Gasteiger partial charge in [-0.25, -0.2) is 0 Å². The van der Waals surface area contributed by atoms with Gasteiger partial charge in [-0.1, -0.05) is 42.3 Å². The average molecular weight is 314 g/mol. The molecule has 2 rings (SSSR count). The molecule has 0 radical (unpaired) electrons. The number of halogens is 2. The lowest BCUT2D eigenvalue weighted by Crippen LogP contribution is -2.18. The molecule has 0 aliphatic carbocycles. The summed E-state index contributed by atoms with van der Waals surface area (Å²) in [5.41, 5.74) is 1.06. The molecule has 0 aliphatic heterocycles. The summed E-state index contributed by atoms with van der Waals surface area (Å²) in [4.78, 5) is 2.79. The van der Waals surface area contributed by atoms with Crippen LogP contribution in [0.3, 0.4) is 0 Å². The fourth-order valence-corrected chi connectivity index (χ4v) is 3.52. The Bertz CT molecular complexity index is 551. The van der Waals surface area contributed by atoms with Crippen LogP contribution in [-0.2, 0) is 12.8 Å². The number of benzene rings is 1. The van der Waals surface area contributed by atoms with E-state index >= 15 is 0 Å². The van der Waals surface area contributed by atoms with Crippen LogP contribution >= 0.6 is 34.5 Å². The van der Waals surface area contributed by atoms with Crippen molar-refractivity contribution in [1.29, 1.82) is 0 Å². The maximum Gasteiger partial charge on any atom is 0.0640 e. The normalized spacial score (nSPS) is 12.6. The molecule has 2 aromatic rings. The van der Waals surface area contributed by atoms with Crippen LogP contribution in [-0.4, -0.2) is 7.05 Å². The zero-order valence-electron chi connectivity index (χ0n) is 11.0. The molecule has 0 spiro atoms. The van der Waals surface area contributed by atoms with Gasteiger partial charge in [0.05, 0.1) is 10.0 Å². The SMILES string of the molecule is CCc1ccc(CC(NC)c2cccc(Cl)c2Cl)s1. The van der Waals surface area contributed by atoms with Gasteiger partial charge in [-0.3, -0.25) is 0 Å². The van der Waals surface area contributed by atoms with Crippen molar-refractivity contribution in [3.63, 3.8) is 0 Å². The van der Waals surface area contributed by atoms with Crippen LogP contribution in [0.15, 0.2) is 30.3 Å². The molecular formula is C15H17Cl2NS. The average Bonchev–Trinajstić information content (AvgIpc) is 2.87. The Morgan fingerprint density at radius 3 is 2.53 bits per heavy atom. The number of thiophene rings is 1. The molecule has 1 unspecified atom stereocenters. The lowest BCUT2D eigenvalue weighted by atomic mass is 10.0. The summed E-state index contributed by atoms with van der Waals surface area (Å²) in [6, 6.07) is 10.4. The van der Waals surface area contributed by atoms with Crippen LogP contribution in [0, 0.1) is 0 Å². The number of rotatable bonds is 5. The zero-order chi connectivity index (χ0) is 13.8. The molecule has 1 N–H and O–H groups in total. The van der Waals surface area contributed by atoms with Gasteiger partial charge in [0.15, 0.2) is 0 Å². The minimum Gasteiger partial charge on any atom is -0.313 e. The predicted octanol–water partition coefficient (Wildman–Crippen LogP) is 5.12. The van der Waals surface area contributed by atoms with Crippen molar-refractivity contribution >= 4 is 34.5 Å². The van der Waals surface area contributed by atoms with Crippen molar-refractivity contribution in [3.05, 3.63) is 55.7 Å². The molecule has 19 heavy (non-hydrogen) atoms. The van der Waals surface area contributed by atoms with Gasteiger partial charge >= 0.3 is 0 Å². The van der Waals surface area contributed by atoms with E-state index in [0.717, 1.165) is 18.4 Å². The van der Waals surface area contributed by atoms with E-state index in [9.17, 15) is 0 Å². The van der Waals surface area contributed by atoms with E-state index in [1.807, 2.05) is 36.6 Å². The first-order valence-electron chi connectivity index (χ1n) is 6.34. The summed E-state index contributed by atoms with van der Waals surface area (Å²) < 4.78 is 0. The fourth-order valence-electron chi connectivity index (χ4n) is 2.08. The third-order valence-corrected chi connectivity index (χ3v) is 5.26. The summed E-state index contributed by atoms with van der Waals surface area (Å²) in [5, 5.41) is 4.59. The van der Waals surface area contributed by atoms with E-state index in [4.69, 9.17) is 23.2 Å². The number of nitrogens with one attached hydrogen (secondary N) is 1. The van der Waals surface area contributed by atoms with Gasteiger partial charge in [-0.15, -0.1) is 11.3 Å². The standard InChI is InChI=1S/C15H17Cl2NS/c1-3-10-7-8-11(19-10)9-14(18-2)12-5-4-6-13(16)15(12)17/h4-8,14,18H,3,9H2,1-2H3. The van der Waals surface area contributed by atoms with Crippen molar-refractivity contribution in [1.82, 2.24) is 5.32 Å². The molecule has 0 bridgehead atoms. The highest BCUT2D eigenvalue weighted by atomic mass is 35.5. The first-order valence-corrected chi connectivity index (χ1v) is 7.91. The summed E-state index contributed by atoms with van der Waals surface area (Å²) >= 11 is 14.2. The van der Waals surface area contributed by atoms with Crippen LogP contribution in [0.25, 0.3) is 0 Å². The Morgan fingerprint density at radius 2 is 1.89 bits per heavy atom. The molecule has 1 aromatic heterocycles. The third-order valence-electron chi connectivity index (χ3n) is 3.18. The Balaban J connectivity index is 2.22. The summed E-state index contributed by atoms with van der Waals surface area (Å²) in [6.07, 6.45) is 2.02. The van der Waals surface area contributed by atoms with Crippen LogP contribution in [0.2, 0.25) is 10.0 Å². The number of likely N-dealkylation sites (N-methyl/N-ethyl adjacent to an activating group) is 1. The second kappa shape index (κ2) is 6.76. The quantitative estimate of drug-likeness (QED) is 0.807. The molecule has 0 fully saturated rings. The summed E-state index contributed by atoms with van der Waals surface area (Å²) in [5.74, 6) is 0. The second-order valence-corrected chi connectivity index (χ2v) is 6.45. The Kier molecular flexibility index (Phi) is 5.28. The third kappa shape index (κ3) is 3.51. The van der Waals surface area contributed by atoms with Gasteiger partial charge in [-0.05, 0) is 37.2 Å². The lowest BCUT2D eigenvalue weighted by molar-refractivity contribution is 0.597. The highest BCUT2D eigenvalue weighted by Crippen LogP contribution is 2.32. The minimum atomic E-state index is 0.189. The molecule has 0 aliphatic rings. The highest BCUT2D eigenvalue weighted by Gasteiger charge is 2.16. The summed E-state index contributed by atoms with van der Waals surface area (Å²) in [7, 11) is 1.95. The van der Waals surface area contributed by atoms with Crippen molar-refractivity contribution in [2.75, 3.05) is 7.05 Å². The van der Waals surface area contributed by atoms with Crippen molar-refractivity contribution in [2.45, 2.75) is 25.8 Å². The lowest BCUT2D eigenvalue weighted by Gasteiger charge is -2.17. The van der Waals surface area contributed by atoms with Gasteiger partial charge in [0.1, 0.15) is 0 Å².